The Morgan fingerprint density at radius 1 is 0.935 bits per heavy atom. The topological polar surface area (TPSA) is 84.1 Å². The SMILES string of the molecule is CCOC(=O)C1=C(C)N=c2s/c(=C\c3cc(C)n(-c4ccc(-c5ccccc5)cc4)c3C)c(=O)n2[C@@H]1c1ccc(OC)cc1OC. The number of hydrogen-bond acceptors (Lipinski definition) is 7. The zero-order valence-corrected chi connectivity index (χ0v) is 27.5. The third kappa shape index (κ3) is 5.47. The van der Waals surface area contributed by atoms with E-state index < -0.39 is 12.0 Å². The third-order valence-corrected chi connectivity index (χ3v) is 9.22. The van der Waals surface area contributed by atoms with E-state index in [9.17, 15) is 9.59 Å². The van der Waals surface area contributed by atoms with Crippen molar-refractivity contribution < 1.29 is 19.0 Å². The molecule has 46 heavy (non-hydrogen) atoms. The summed E-state index contributed by atoms with van der Waals surface area (Å²) in [6.45, 7) is 7.82. The molecule has 0 bridgehead atoms. The van der Waals surface area contributed by atoms with E-state index in [0.717, 1.165) is 33.8 Å². The molecule has 0 spiro atoms. The van der Waals surface area contributed by atoms with E-state index >= 15 is 0 Å². The maximum Gasteiger partial charge on any atom is 0.338 e. The summed E-state index contributed by atoms with van der Waals surface area (Å²) in [6.07, 6.45) is 1.91. The van der Waals surface area contributed by atoms with Gasteiger partial charge in [0, 0.05) is 28.7 Å². The van der Waals surface area contributed by atoms with E-state index in [1.807, 2.05) is 30.3 Å². The number of benzene rings is 3. The van der Waals surface area contributed by atoms with Gasteiger partial charge < -0.3 is 18.8 Å². The molecule has 1 aliphatic heterocycles. The highest BCUT2D eigenvalue weighted by molar-refractivity contribution is 7.07. The standard InChI is InChI=1S/C37H35N3O5S/c1-7-45-36(42)33-23(3)38-37-40(34(33)30-18-17-29(43-5)21-31(30)44-6)35(41)32(46-37)20-27-19-22(2)39(24(27)4)28-15-13-26(14-16-28)25-11-9-8-10-12-25/h8-21,34H,7H2,1-6H3/b32-20-/t34-/m1/s1. The summed E-state index contributed by atoms with van der Waals surface area (Å²) in [5.74, 6) is 0.552. The summed E-state index contributed by atoms with van der Waals surface area (Å²) in [5.41, 5.74) is 7.49. The molecule has 0 fully saturated rings. The minimum absolute atomic E-state index is 0.192. The Labute approximate surface area is 271 Å². The molecule has 0 radical (unpaired) electrons. The fourth-order valence-corrected chi connectivity index (χ4v) is 7.07. The fourth-order valence-electron chi connectivity index (χ4n) is 6.04. The normalized spacial score (nSPS) is 14.6. The summed E-state index contributed by atoms with van der Waals surface area (Å²) >= 11 is 1.29. The Morgan fingerprint density at radius 3 is 2.33 bits per heavy atom. The zero-order valence-electron chi connectivity index (χ0n) is 26.7. The highest BCUT2D eigenvalue weighted by atomic mass is 32.1. The average molecular weight is 634 g/mol. The molecule has 2 aromatic heterocycles. The molecule has 1 atom stereocenters. The lowest BCUT2D eigenvalue weighted by Crippen LogP contribution is -2.40. The lowest BCUT2D eigenvalue weighted by Gasteiger charge is -2.26. The van der Waals surface area contributed by atoms with Crippen molar-refractivity contribution in [2.45, 2.75) is 33.7 Å². The summed E-state index contributed by atoms with van der Waals surface area (Å²) in [5, 5.41) is 0. The molecule has 5 aromatic rings. The Kier molecular flexibility index (Phi) is 8.51. The number of fused-ring (bicyclic) bond motifs is 1. The molecule has 3 aromatic carbocycles. The van der Waals surface area contributed by atoms with Crippen LogP contribution in [0.3, 0.4) is 0 Å². The Hall–Kier alpha value is -5.15. The van der Waals surface area contributed by atoms with Crippen LogP contribution in [-0.2, 0) is 9.53 Å². The van der Waals surface area contributed by atoms with Crippen molar-refractivity contribution >= 4 is 23.4 Å². The van der Waals surface area contributed by atoms with Crippen LogP contribution in [-0.4, -0.2) is 35.9 Å². The van der Waals surface area contributed by atoms with Crippen LogP contribution in [0.4, 0.5) is 0 Å². The van der Waals surface area contributed by atoms with Crippen molar-refractivity contribution in [1.29, 1.82) is 0 Å². The van der Waals surface area contributed by atoms with Gasteiger partial charge in [-0.3, -0.25) is 9.36 Å². The second-order valence-electron chi connectivity index (χ2n) is 11.0. The molecule has 0 amide bonds. The highest BCUT2D eigenvalue weighted by Gasteiger charge is 2.35. The quantitative estimate of drug-likeness (QED) is 0.199. The van der Waals surface area contributed by atoms with Crippen molar-refractivity contribution in [2.24, 2.45) is 4.99 Å². The number of esters is 1. The van der Waals surface area contributed by atoms with E-state index in [2.05, 4.69) is 60.9 Å². The molecule has 8 nitrogen and oxygen atoms in total. The molecule has 234 valence electrons. The predicted octanol–water partition coefficient (Wildman–Crippen LogP) is 5.89. The van der Waals surface area contributed by atoms with Crippen LogP contribution in [0.25, 0.3) is 22.9 Å². The van der Waals surface area contributed by atoms with Crippen LogP contribution in [0.5, 0.6) is 11.5 Å². The fraction of sp³-hybridized carbons (Fsp3) is 0.216. The van der Waals surface area contributed by atoms with Gasteiger partial charge in [-0.05, 0) is 80.8 Å². The Bertz CT molecular complexity index is 2160. The predicted molar refractivity (Wildman–Crippen MR) is 181 cm³/mol. The molecule has 6 rings (SSSR count). The number of rotatable bonds is 8. The number of aromatic nitrogens is 2. The van der Waals surface area contributed by atoms with Gasteiger partial charge in [0.2, 0.25) is 0 Å². The van der Waals surface area contributed by atoms with Gasteiger partial charge in [0.25, 0.3) is 5.56 Å². The maximum absolute atomic E-state index is 14.2. The van der Waals surface area contributed by atoms with Crippen LogP contribution in [0, 0.1) is 13.8 Å². The van der Waals surface area contributed by atoms with E-state index in [1.165, 1.54) is 11.3 Å². The first-order valence-corrected chi connectivity index (χ1v) is 15.8. The van der Waals surface area contributed by atoms with Crippen LogP contribution in [0.1, 0.15) is 42.4 Å². The second kappa shape index (κ2) is 12.7. The molecule has 3 heterocycles. The lowest BCUT2D eigenvalue weighted by molar-refractivity contribution is -0.139. The number of aryl methyl sites for hydroxylation is 1. The van der Waals surface area contributed by atoms with Gasteiger partial charge >= 0.3 is 5.97 Å². The van der Waals surface area contributed by atoms with E-state index in [-0.39, 0.29) is 12.2 Å². The number of carbonyl (C=O) groups excluding carboxylic acids is 1. The van der Waals surface area contributed by atoms with Crippen LogP contribution in [0.2, 0.25) is 0 Å². The van der Waals surface area contributed by atoms with Crippen LogP contribution in [0.15, 0.2) is 99.9 Å². The van der Waals surface area contributed by atoms with Crippen molar-refractivity contribution in [3.63, 3.8) is 0 Å². The van der Waals surface area contributed by atoms with Crippen molar-refractivity contribution in [3.05, 3.63) is 132 Å². The Balaban J connectivity index is 1.47. The van der Waals surface area contributed by atoms with Gasteiger partial charge in [-0.25, -0.2) is 9.79 Å². The van der Waals surface area contributed by atoms with Crippen molar-refractivity contribution in [2.75, 3.05) is 20.8 Å². The smallest absolute Gasteiger partial charge is 0.338 e. The number of hydrogen-bond donors (Lipinski definition) is 0. The number of nitrogens with zero attached hydrogens (tertiary/aromatic N) is 3. The van der Waals surface area contributed by atoms with Crippen molar-refractivity contribution in [3.8, 4) is 28.3 Å². The van der Waals surface area contributed by atoms with Gasteiger partial charge in [-0.15, -0.1) is 0 Å². The molecular formula is C37H35N3O5S. The van der Waals surface area contributed by atoms with E-state index in [4.69, 9.17) is 19.2 Å². The molecule has 0 aliphatic carbocycles. The van der Waals surface area contributed by atoms with E-state index in [0.29, 0.717) is 37.7 Å². The number of methoxy groups -OCH3 is 2. The minimum Gasteiger partial charge on any atom is -0.497 e. The first-order chi connectivity index (χ1) is 22.2. The summed E-state index contributed by atoms with van der Waals surface area (Å²) < 4.78 is 20.8. The molecule has 0 unspecified atom stereocenters. The Morgan fingerprint density at radius 2 is 1.65 bits per heavy atom. The van der Waals surface area contributed by atoms with Gasteiger partial charge in [0.15, 0.2) is 4.80 Å². The first-order valence-electron chi connectivity index (χ1n) is 15.0. The maximum atomic E-state index is 14.2. The number of allylic oxidation sites excluding steroid dienone is 1. The first kappa shape index (κ1) is 30.9. The van der Waals surface area contributed by atoms with Crippen LogP contribution < -0.4 is 24.4 Å². The minimum atomic E-state index is -0.797. The van der Waals surface area contributed by atoms with Gasteiger partial charge in [-0.2, -0.15) is 0 Å². The number of thiazole rings is 1. The molecule has 0 N–H and O–H groups in total. The number of ether oxygens (including phenoxy) is 3. The molecule has 9 heteroatoms. The van der Waals surface area contributed by atoms with Crippen LogP contribution >= 0.6 is 11.3 Å². The second-order valence-corrected chi connectivity index (χ2v) is 12.0. The highest BCUT2D eigenvalue weighted by Crippen LogP contribution is 2.37. The number of carbonyl (C=O) groups is 1. The summed E-state index contributed by atoms with van der Waals surface area (Å²) in [4.78, 5) is 32.8. The van der Waals surface area contributed by atoms with Crippen molar-refractivity contribution in [1.82, 2.24) is 9.13 Å². The van der Waals surface area contributed by atoms with Gasteiger partial charge in [-0.1, -0.05) is 53.8 Å². The lowest BCUT2D eigenvalue weighted by atomic mass is 9.95. The largest absolute Gasteiger partial charge is 0.497 e. The van der Waals surface area contributed by atoms with E-state index in [1.54, 1.807) is 44.8 Å². The summed E-state index contributed by atoms with van der Waals surface area (Å²) in [7, 11) is 3.12. The molecule has 0 saturated carbocycles. The molecule has 1 aliphatic rings. The molecular weight excluding hydrogens is 598 g/mol. The molecule has 0 saturated heterocycles. The van der Waals surface area contributed by atoms with Gasteiger partial charge in [0.1, 0.15) is 17.5 Å². The monoisotopic (exact) mass is 633 g/mol. The van der Waals surface area contributed by atoms with Gasteiger partial charge in [0.05, 0.1) is 36.6 Å². The average Bonchev–Trinajstić information content (AvgIpc) is 3.53. The summed E-state index contributed by atoms with van der Waals surface area (Å²) in [6, 6.07) is 25.4. The zero-order chi connectivity index (χ0) is 32.5. The third-order valence-electron chi connectivity index (χ3n) is 8.24.